The molecule has 106 valence electrons. The van der Waals surface area contributed by atoms with Crippen LogP contribution in [0.15, 0.2) is 18.2 Å². The van der Waals surface area contributed by atoms with Gasteiger partial charge >= 0.3 is 0 Å². The lowest BCUT2D eigenvalue weighted by Crippen LogP contribution is -2.21. The Kier molecular flexibility index (Phi) is 5.48. The molecule has 1 aliphatic heterocycles. The zero-order valence-corrected chi connectivity index (χ0v) is 11.8. The van der Waals surface area contributed by atoms with Gasteiger partial charge in [0.15, 0.2) is 11.5 Å². The Bertz CT molecular complexity index is 395. The molecule has 0 spiro atoms. The SMILES string of the molecule is CCOCCCNC(C)c1ccc2c(c1)OCCO2. The van der Waals surface area contributed by atoms with Gasteiger partial charge in [0.1, 0.15) is 13.2 Å². The van der Waals surface area contributed by atoms with Crippen LogP contribution in [0.3, 0.4) is 0 Å². The Balaban J connectivity index is 1.83. The van der Waals surface area contributed by atoms with Gasteiger partial charge in [-0.1, -0.05) is 6.07 Å². The predicted molar refractivity (Wildman–Crippen MR) is 75.0 cm³/mol. The first kappa shape index (κ1) is 14.2. The highest BCUT2D eigenvalue weighted by molar-refractivity contribution is 5.44. The molecule has 4 nitrogen and oxygen atoms in total. The van der Waals surface area contributed by atoms with Crippen LogP contribution in [-0.2, 0) is 4.74 Å². The summed E-state index contributed by atoms with van der Waals surface area (Å²) in [7, 11) is 0. The van der Waals surface area contributed by atoms with E-state index in [1.807, 2.05) is 13.0 Å². The number of fused-ring (bicyclic) bond motifs is 1. The fraction of sp³-hybridized carbons (Fsp3) is 0.600. The van der Waals surface area contributed by atoms with Crippen LogP contribution in [0.1, 0.15) is 31.9 Å². The van der Waals surface area contributed by atoms with Gasteiger partial charge in [0.2, 0.25) is 0 Å². The fourth-order valence-electron chi connectivity index (χ4n) is 2.08. The third-order valence-electron chi connectivity index (χ3n) is 3.19. The summed E-state index contributed by atoms with van der Waals surface area (Å²) in [5.41, 5.74) is 1.22. The van der Waals surface area contributed by atoms with Crippen LogP contribution in [0, 0.1) is 0 Å². The Morgan fingerprint density at radius 3 is 2.84 bits per heavy atom. The number of benzene rings is 1. The van der Waals surface area contributed by atoms with Gasteiger partial charge < -0.3 is 19.5 Å². The molecule has 19 heavy (non-hydrogen) atoms. The van der Waals surface area contributed by atoms with Crippen molar-refractivity contribution < 1.29 is 14.2 Å². The van der Waals surface area contributed by atoms with Gasteiger partial charge in [-0.3, -0.25) is 0 Å². The second-order valence-electron chi connectivity index (χ2n) is 4.63. The van der Waals surface area contributed by atoms with E-state index in [0.717, 1.165) is 37.7 Å². The summed E-state index contributed by atoms with van der Waals surface area (Å²) in [5, 5.41) is 3.49. The average molecular weight is 265 g/mol. The first-order valence-corrected chi connectivity index (χ1v) is 7.02. The molecule has 1 aromatic rings. The molecule has 0 bridgehead atoms. The molecule has 1 N–H and O–H groups in total. The molecule has 0 saturated carbocycles. The first-order valence-electron chi connectivity index (χ1n) is 7.02. The third-order valence-corrected chi connectivity index (χ3v) is 3.19. The van der Waals surface area contributed by atoms with Crippen LogP contribution in [0.2, 0.25) is 0 Å². The van der Waals surface area contributed by atoms with Gasteiger partial charge in [0, 0.05) is 19.3 Å². The van der Waals surface area contributed by atoms with E-state index in [9.17, 15) is 0 Å². The summed E-state index contributed by atoms with van der Waals surface area (Å²) in [5.74, 6) is 1.70. The Labute approximate surface area is 115 Å². The maximum absolute atomic E-state index is 5.60. The van der Waals surface area contributed by atoms with E-state index in [-0.39, 0.29) is 0 Å². The van der Waals surface area contributed by atoms with Gasteiger partial charge in [-0.05, 0) is 44.5 Å². The Morgan fingerprint density at radius 2 is 2.05 bits per heavy atom. The number of hydrogen-bond donors (Lipinski definition) is 1. The number of hydrogen-bond acceptors (Lipinski definition) is 4. The molecule has 1 unspecified atom stereocenters. The molecule has 2 rings (SSSR count). The summed E-state index contributed by atoms with van der Waals surface area (Å²) in [6, 6.07) is 6.45. The lowest BCUT2D eigenvalue weighted by atomic mass is 10.1. The molecule has 1 heterocycles. The van der Waals surface area contributed by atoms with Crippen molar-refractivity contribution in [2.75, 3.05) is 33.0 Å². The lowest BCUT2D eigenvalue weighted by Gasteiger charge is -2.21. The van der Waals surface area contributed by atoms with Gasteiger partial charge in [-0.25, -0.2) is 0 Å². The van der Waals surface area contributed by atoms with Crippen LogP contribution in [0.25, 0.3) is 0 Å². The minimum atomic E-state index is 0.303. The number of ether oxygens (including phenoxy) is 3. The quantitative estimate of drug-likeness (QED) is 0.769. The number of nitrogens with one attached hydrogen (secondary N) is 1. The molecule has 0 amide bonds. The lowest BCUT2D eigenvalue weighted by molar-refractivity contribution is 0.144. The highest BCUT2D eigenvalue weighted by Gasteiger charge is 2.13. The molecular weight excluding hydrogens is 242 g/mol. The molecular formula is C15H23NO3. The highest BCUT2D eigenvalue weighted by atomic mass is 16.6. The average Bonchev–Trinajstić information content (AvgIpc) is 2.46. The van der Waals surface area contributed by atoms with E-state index >= 15 is 0 Å². The van der Waals surface area contributed by atoms with Crippen molar-refractivity contribution in [3.05, 3.63) is 23.8 Å². The van der Waals surface area contributed by atoms with Crippen molar-refractivity contribution in [3.63, 3.8) is 0 Å². The van der Waals surface area contributed by atoms with Crippen molar-refractivity contribution in [2.24, 2.45) is 0 Å². The fourth-order valence-corrected chi connectivity index (χ4v) is 2.08. The summed E-state index contributed by atoms with van der Waals surface area (Å²) in [6.45, 7) is 8.01. The van der Waals surface area contributed by atoms with Crippen LogP contribution in [0.5, 0.6) is 11.5 Å². The van der Waals surface area contributed by atoms with Crippen molar-refractivity contribution in [2.45, 2.75) is 26.3 Å². The van der Waals surface area contributed by atoms with E-state index in [4.69, 9.17) is 14.2 Å². The molecule has 1 aliphatic rings. The van der Waals surface area contributed by atoms with Gasteiger partial charge in [0.05, 0.1) is 0 Å². The predicted octanol–water partition coefficient (Wildman–Crippen LogP) is 2.54. The van der Waals surface area contributed by atoms with Crippen LogP contribution >= 0.6 is 0 Å². The van der Waals surface area contributed by atoms with Crippen molar-refractivity contribution in [3.8, 4) is 11.5 Å². The van der Waals surface area contributed by atoms with Crippen molar-refractivity contribution in [1.29, 1.82) is 0 Å². The topological polar surface area (TPSA) is 39.7 Å². The molecule has 0 saturated heterocycles. The molecule has 0 fully saturated rings. The molecule has 1 atom stereocenters. The van der Waals surface area contributed by atoms with Crippen molar-refractivity contribution >= 4 is 0 Å². The minimum Gasteiger partial charge on any atom is -0.486 e. The minimum absolute atomic E-state index is 0.303. The molecule has 4 heteroatoms. The molecule has 0 radical (unpaired) electrons. The van der Waals surface area contributed by atoms with Gasteiger partial charge in [-0.2, -0.15) is 0 Å². The standard InChI is InChI=1S/C15H23NO3/c1-3-17-8-4-7-16-12(2)13-5-6-14-15(11-13)19-10-9-18-14/h5-6,11-12,16H,3-4,7-10H2,1-2H3. The zero-order valence-electron chi connectivity index (χ0n) is 11.8. The third kappa shape index (κ3) is 4.11. The zero-order chi connectivity index (χ0) is 13.5. The van der Waals surface area contributed by atoms with Gasteiger partial charge in [-0.15, -0.1) is 0 Å². The monoisotopic (exact) mass is 265 g/mol. The summed E-state index contributed by atoms with van der Waals surface area (Å²) in [6.07, 6.45) is 1.03. The smallest absolute Gasteiger partial charge is 0.161 e. The van der Waals surface area contributed by atoms with E-state index in [1.165, 1.54) is 5.56 Å². The van der Waals surface area contributed by atoms with Crippen molar-refractivity contribution in [1.82, 2.24) is 5.32 Å². The number of rotatable bonds is 7. The van der Waals surface area contributed by atoms with Crippen LogP contribution < -0.4 is 14.8 Å². The largest absolute Gasteiger partial charge is 0.486 e. The summed E-state index contributed by atoms with van der Waals surface area (Å²) >= 11 is 0. The summed E-state index contributed by atoms with van der Waals surface area (Å²) < 4.78 is 16.4. The Hall–Kier alpha value is -1.26. The molecule has 1 aromatic carbocycles. The highest BCUT2D eigenvalue weighted by Crippen LogP contribution is 2.32. The maximum atomic E-state index is 5.60. The normalized spacial score (nSPS) is 15.3. The van der Waals surface area contributed by atoms with Gasteiger partial charge in [0.25, 0.3) is 0 Å². The molecule has 0 aromatic heterocycles. The molecule has 0 aliphatic carbocycles. The van der Waals surface area contributed by atoms with E-state index in [1.54, 1.807) is 0 Å². The second-order valence-corrected chi connectivity index (χ2v) is 4.63. The van der Waals surface area contributed by atoms with Crippen LogP contribution in [0.4, 0.5) is 0 Å². The Morgan fingerprint density at radius 1 is 1.26 bits per heavy atom. The first-order chi connectivity index (χ1) is 9.31. The van der Waals surface area contributed by atoms with Crippen LogP contribution in [-0.4, -0.2) is 33.0 Å². The van der Waals surface area contributed by atoms with E-state index in [2.05, 4.69) is 24.4 Å². The maximum Gasteiger partial charge on any atom is 0.161 e. The summed E-state index contributed by atoms with van der Waals surface area (Å²) in [4.78, 5) is 0. The second kappa shape index (κ2) is 7.36. The van der Waals surface area contributed by atoms with E-state index < -0.39 is 0 Å². The van der Waals surface area contributed by atoms with E-state index in [0.29, 0.717) is 19.3 Å².